The van der Waals surface area contributed by atoms with Crippen LogP contribution in [-0.2, 0) is 9.53 Å². The molecule has 4 nitrogen and oxygen atoms in total. The summed E-state index contributed by atoms with van der Waals surface area (Å²) < 4.78 is 17.5. The van der Waals surface area contributed by atoms with Crippen LogP contribution in [0.5, 0.6) is 0 Å². The number of likely N-dealkylation sites (N-methyl/N-ethyl adjacent to an activating group) is 1. The van der Waals surface area contributed by atoms with Gasteiger partial charge in [0.2, 0.25) is 5.91 Å². The lowest BCUT2D eigenvalue weighted by molar-refractivity contribution is -0.126. The van der Waals surface area contributed by atoms with Crippen LogP contribution in [0.3, 0.4) is 0 Å². The van der Waals surface area contributed by atoms with Crippen LogP contribution >= 0.6 is 0 Å². The van der Waals surface area contributed by atoms with E-state index in [1.807, 2.05) is 0 Å². The molecule has 1 aromatic rings. The van der Waals surface area contributed by atoms with Gasteiger partial charge < -0.3 is 14.7 Å². The highest BCUT2D eigenvalue weighted by molar-refractivity contribution is 5.91. The van der Waals surface area contributed by atoms with Gasteiger partial charge in [-0.2, -0.15) is 0 Å². The molecule has 0 aliphatic rings. The van der Waals surface area contributed by atoms with E-state index in [1.165, 1.54) is 30.2 Å². The summed E-state index contributed by atoms with van der Waals surface area (Å²) in [7, 11) is 3.08. The number of nitrogens with zero attached hydrogens (tertiary/aromatic N) is 1. The highest BCUT2D eigenvalue weighted by Crippen LogP contribution is 2.05. The summed E-state index contributed by atoms with van der Waals surface area (Å²) >= 11 is 0. The Kier molecular flexibility index (Phi) is 6.18. The molecule has 1 amide bonds. The predicted octanol–water partition coefficient (Wildman–Crippen LogP) is 1.30. The molecule has 1 N–H and O–H groups in total. The minimum absolute atomic E-state index is 0.180. The molecule has 0 aromatic heterocycles. The first-order valence-corrected chi connectivity index (χ1v) is 5.88. The van der Waals surface area contributed by atoms with E-state index in [9.17, 15) is 14.3 Å². The van der Waals surface area contributed by atoms with Gasteiger partial charge in [-0.15, -0.1) is 0 Å². The van der Waals surface area contributed by atoms with Gasteiger partial charge in [-0.3, -0.25) is 4.79 Å². The zero-order chi connectivity index (χ0) is 14.3. The number of amides is 1. The second-order valence-corrected chi connectivity index (χ2v) is 4.21. The van der Waals surface area contributed by atoms with Crippen LogP contribution in [-0.4, -0.2) is 49.3 Å². The van der Waals surface area contributed by atoms with Crippen molar-refractivity contribution in [1.82, 2.24) is 4.90 Å². The minimum Gasteiger partial charge on any atom is -0.389 e. The van der Waals surface area contributed by atoms with Gasteiger partial charge in [0.05, 0.1) is 12.7 Å². The number of aliphatic hydroxyl groups excluding tert-OH is 1. The Morgan fingerprint density at radius 3 is 2.68 bits per heavy atom. The van der Waals surface area contributed by atoms with Gasteiger partial charge in [-0.05, 0) is 23.8 Å². The molecule has 0 fully saturated rings. The molecule has 0 saturated heterocycles. The maximum Gasteiger partial charge on any atom is 0.246 e. The summed E-state index contributed by atoms with van der Waals surface area (Å²) in [5.41, 5.74) is 0.737. The third kappa shape index (κ3) is 5.63. The fraction of sp³-hybridized carbons (Fsp3) is 0.357. The van der Waals surface area contributed by atoms with Crippen molar-refractivity contribution in [3.8, 4) is 0 Å². The van der Waals surface area contributed by atoms with E-state index in [0.29, 0.717) is 0 Å². The number of rotatable bonds is 6. The van der Waals surface area contributed by atoms with Crippen LogP contribution in [0.25, 0.3) is 6.08 Å². The molecule has 104 valence electrons. The first-order chi connectivity index (χ1) is 9.02. The molecule has 0 aliphatic carbocycles. The van der Waals surface area contributed by atoms with Gasteiger partial charge >= 0.3 is 0 Å². The number of methoxy groups -OCH3 is 1. The van der Waals surface area contributed by atoms with E-state index < -0.39 is 6.10 Å². The Morgan fingerprint density at radius 2 is 2.11 bits per heavy atom. The first-order valence-electron chi connectivity index (χ1n) is 5.88. The van der Waals surface area contributed by atoms with E-state index in [-0.39, 0.29) is 24.9 Å². The summed E-state index contributed by atoms with van der Waals surface area (Å²) in [6, 6.07) is 5.82. The zero-order valence-corrected chi connectivity index (χ0v) is 11.0. The average molecular weight is 267 g/mol. The third-order valence-electron chi connectivity index (χ3n) is 2.51. The number of hydrogen-bond donors (Lipinski definition) is 1. The second-order valence-electron chi connectivity index (χ2n) is 4.21. The number of benzene rings is 1. The second kappa shape index (κ2) is 7.66. The van der Waals surface area contributed by atoms with Crippen molar-refractivity contribution in [2.24, 2.45) is 0 Å². The lowest BCUT2D eigenvalue weighted by Gasteiger charge is -2.18. The fourth-order valence-corrected chi connectivity index (χ4v) is 1.52. The molecule has 1 aromatic carbocycles. The number of ether oxygens (including phenoxy) is 1. The van der Waals surface area contributed by atoms with Crippen molar-refractivity contribution in [1.29, 1.82) is 0 Å². The molecule has 0 spiro atoms. The maximum absolute atomic E-state index is 12.7. The molecule has 0 radical (unpaired) electrons. The van der Waals surface area contributed by atoms with Gasteiger partial charge in [0.1, 0.15) is 5.82 Å². The highest BCUT2D eigenvalue weighted by atomic mass is 19.1. The SMILES string of the molecule is COCC(O)CN(C)C(=O)C=Cc1ccc(F)cc1. The molecule has 19 heavy (non-hydrogen) atoms. The van der Waals surface area contributed by atoms with Crippen molar-refractivity contribution in [3.05, 3.63) is 41.7 Å². The molecule has 0 bridgehead atoms. The van der Waals surface area contributed by atoms with Crippen LogP contribution in [0, 0.1) is 5.82 Å². The molecule has 1 atom stereocenters. The molecule has 0 saturated carbocycles. The van der Waals surface area contributed by atoms with Gasteiger partial charge in [-0.1, -0.05) is 12.1 Å². The number of carbonyl (C=O) groups excluding carboxylic acids is 1. The summed E-state index contributed by atoms with van der Waals surface area (Å²) in [5, 5.41) is 9.50. The molecular weight excluding hydrogens is 249 g/mol. The van der Waals surface area contributed by atoms with E-state index in [4.69, 9.17) is 4.74 Å². The summed E-state index contributed by atoms with van der Waals surface area (Å²) in [4.78, 5) is 13.1. The standard InChI is InChI=1S/C14H18FNO3/c1-16(9-13(17)10-19-2)14(18)8-5-11-3-6-12(15)7-4-11/h3-8,13,17H,9-10H2,1-2H3. The lowest BCUT2D eigenvalue weighted by atomic mass is 10.2. The predicted molar refractivity (Wildman–Crippen MR) is 71.0 cm³/mol. The van der Waals surface area contributed by atoms with E-state index in [0.717, 1.165) is 5.56 Å². The fourth-order valence-electron chi connectivity index (χ4n) is 1.52. The summed E-state index contributed by atoms with van der Waals surface area (Å²) in [6.45, 7) is 0.375. The van der Waals surface area contributed by atoms with Crippen molar-refractivity contribution >= 4 is 12.0 Å². The van der Waals surface area contributed by atoms with Crippen LogP contribution in [0.2, 0.25) is 0 Å². The molecule has 1 unspecified atom stereocenters. The number of carbonyl (C=O) groups is 1. The topological polar surface area (TPSA) is 49.8 Å². The maximum atomic E-state index is 12.7. The Bertz CT molecular complexity index is 431. The first kappa shape index (κ1) is 15.3. The zero-order valence-electron chi connectivity index (χ0n) is 11.0. The molecular formula is C14H18FNO3. The molecule has 0 aliphatic heterocycles. The van der Waals surface area contributed by atoms with E-state index in [1.54, 1.807) is 25.3 Å². The molecule has 1 rings (SSSR count). The van der Waals surface area contributed by atoms with Gasteiger partial charge in [0.25, 0.3) is 0 Å². The number of aliphatic hydroxyl groups is 1. The Hall–Kier alpha value is -1.72. The van der Waals surface area contributed by atoms with Crippen molar-refractivity contribution in [2.45, 2.75) is 6.10 Å². The van der Waals surface area contributed by atoms with Gasteiger partial charge in [0, 0.05) is 26.8 Å². The van der Waals surface area contributed by atoms with Crippen molar-refractivity contribution in [2.75, 3.05) is 27.3 Å². The molecule has 0 heterocycles. The van der Waals surface area contributed by atoms with Crippen LogP contribution in [0.15, 0.2) is 30.3 Å². The largest absolute Gasteiger partial charge is 0.389 e. The Balaban J connectivity index is 2.51. The normalized spacial score (nSPS) is 12.6. The van der Waals surface area contributed by atoms with Crippen molar-refractivity contribution in [3.63, 3.8) is 0 Å². The minimum atomic E-state index is -0.710. The highest BCUT2D eigenvalue weighted by Gasteiger charge is 2.10. The Labute approximate surface area is 112 Å². The monoisotopic (exact) mass is 267 g/mol. The quantitative estimate of drug-likeness (QED) is 0.790. The van der Waals surface area contributed by atoms with E-state index in [2.05, 4.69) is 0 Å². The van der Waals surface area contributed by atoms with Crippen molar-refractivity contribution < 1.29 is 19.0 Å². The van der Waals surface area contributed by atoms with Crippen LogP contribution in [0.4, 0.5) is 4.39 Å². The Morgan fingerprint density at radius 1 is 1.47 bits per heavy atom. The molecule has 5 heteroatoms. The number of halogens is 1. The average Bonchev–Trinajstić information content (AvgIpc) is 2.37. The van der Waals surface area contributed by atoms with Gasteiger partial charge in [-0.25, -0.2) is 4.39 Å². The third-order valence-corrected chi connectivity index (χ3v) is 2.51. The van der Waals surface area contributed by atoms with Crippen LogP contribution in [0.1, 0.15) is 5.56 Å². The van der Waals surface area contributed by atoms with E-state index >= 15 is 0 Å². The van der Waals surface area contributed by atoms with Crippen LogP contribution < -0.4 is 0 Å². The summed E-state index contributed by atoms with van der Waals surface area (Å²) in [5.74, 6) is -0.553. The smallest absolute Gasteiger partial charge is 0.246 e. The lowest BCUT2D eigenvalue weighted by Crippen LogP contribution is -2.35. The summed E-state index contributed by atoms with van der Waals surface area (Å²) in [6.07, 6.45) is 2.27. The van der Waals surface area contributed by atoms with Gasteiger partial charge in [0.15, 0.2) is 0 Å². The number of hydrogen-bond acceptors (Lipinski definition) is 3.